The molecule has 1 saturated heterocycles. The number of anilines is 1. The molecule has 0 spiro atoms. The summed E-state index contributed by atoms with van der Waals surface area (Å²) in [7, 11) is 0. The third-order valence-corrected chi connectivity index (χ3v) is 4.23. The van der Waals surface area contributed by atoms with Gasteiger partial charge >= 0.3 is 0 Å². The van der Waals surface area contributed by atoms with Gasteiger partial charge in [0.25, 0.3) is 0 Å². The van der Waals surface area contributed by atoms with Gasteiger partial charge in [0.1, 0.15) is 0 Å². The van der Waals surface area contributed by atoms with E-state index < -0.39 is 0 Å². The van der Waals surface area contributed by atoms with E-state index in [0.717, 1.165) is 5.92 Å². The Bertz CT molecular complexity index is 369. The maximum absolute atomic E-state index is 3.67. The van der Waals surface area contributed by atoms with E-state index in [1.54, 1.807) is 0 Å². The fourth-order valence-corrected chi connectivity index (χ4v) is 3.05. The van der Waals surface area contributed by atoms with Crippen molar-refractivity contribution in [2.24, 2.45) is 5.92 Å². The number of nitrogens with zero attached hydrogens (tertiary/aromatic N) is 1. The SMILES string of the molecule is CCCN1CCCC(C(C)Nc2ccc(C)cc2)C1. The highest BCUT2D eigenvalue weighted by Crippen LogP contribution is 2.22. The van der Waals surface area contributed by atoms with Gasteiger partial charge in [0.15, 0.2) is 0 Å². The van der Waals surface area contributed by atoms with E-state index in [1.165, 1.54) is 50.1 Å². The van der Waals surface area contributed by atoms with E-state index in [9.17, 15) is 0 Å². The molecule has 1 aromatic rings. The molecule has 1 fully saturated rings. The monoisotopic (exact) mass is 260 g/mol. The van der Waals surface area contributed by atoms with Crippen molar-refractivity contribution in [2.45, 2.75) is 46.1 Å². The number of benzene rings is 1. The molecule has 0 bridgehead atoms. The van der Waals surface area contributed by atoms with Crippen LogP contribution in [-0.2, 0) is 0 Å². The molecule has 0 saturated carbocycles. The first-order valence-corrected chi connectivity index (χ1v) is 7.74. The Balaban J connectivity index is 1.88. The van der Waals surface area contributed by atoms with Crippen LogP contribution in [0.5, 0.6) is 0 Å². The molecule has 0 amide bonds. The second-order valence-electron chi connectivity index (χ2n) is 6.00. The predicted octanol–water partition coefficient (Wildman–Crippen LogP) is 3.92. The number of hydrogen-bond donors (Lipinski definition) is 1. The molecular weight excluding hydrogens is 232 g/mol. The molecule has 0 aliphatic carbocycles. The highest BCUT2D eigenvalue weighted by Gasteiger charge is 2.23. The fraction of sp³-hybridized carbons (Fsp3) is 0.647. The smallest absolute Gasteiger partial charge is 0.0342 e. The summed E-state index contributed by atoms with van der Waals surface area (Å²) in [6.07, 6.45) is 3.98. The molecule has 2 rings (SSSR count). The largest absolute Gasteiger partial charge is 0.382 e. The van der Waals surface area contributed by atoms with Crippen molar-refractivity contribution in [1.29, 1.82) is 0 Å². The second-order valence-corrected chi connectivity index (χ2v) is 6.00. The third-order valence-electron chi connectivity index (χ3n) is 4.23. The van der Waals surface area contributed by atoms with Gasteiger partial charge in [-0.3, -0.25) is 0 Å². The van der Waals surface area contributed by atoms with Crippen LogP contribution in [0.3, 0.4) is 0 Å². The molecule has 106 valence electrons. The summed E-state index contributed by atoms with van der Waals surface area (Å²) in [6.45, 7) is 10.6. The Morgan fingerprint density at radius 3 is 2.74 bits per heavy atom. The van der Waals surface area contributed by atoms with Gasteiger partial charge < -0.3 is 10.2 Å². The van der Waals surface area contributed by atoms with Crippen molar-refractivity contribution >= 4 is 5.69 Å². The first-order chi connectivity index (χ1) is 9.19. The zero-order chi connectivity index (χ0) is 13.7. The van der Waals surface area contributed by atoms with Crippen molar-refractivity contribution in [3.8, 4) is 0 Å². The Labute approximate surface area is 118 Å². The molecule has 0 radical (unpaired) electrons. The van der Waals surface area contributed by atoms with Crippen molar-refractivity contribution in [3.63, 3.8) is 0 Å². The van der Waals surface area contributed by atoms with E-state index in [-0.39, 0.29) is 0 Å². The molecule has 1 aliphatic heterocycles. The Kier molecular flexibility index (Phi) is 5.26. The third kappa shape index (κ3) is 4.24. The summed E-state index contributed by atoms with van der Waals surface area (Å²) in [5.74, 6) is 0.779. The number of piperidine rings is 1. The standard InChI is InChI=1S/C17H28N2/c1-4-11-19-12-5-6-16(13-19)15(3)18-17-9-7-14(2)8-10-17/h7-10,15-16,18H,4-6,11-13H2,1-3H3. The maximum Gasteiger partial charge on any atom is 0.0342 e. The van der Waals surface area contributed by atoms with Crippen LogP contribution in [0.2, 0.25) is 0 Å². The van der Waals surface area contributed by atoms with Gasteiger partial charge in [-0.1, -0.05) is 24.6 Å². The maximum atomic E-state index is 3.67. The molecular formula is C17H28N2. The molecule has 1 aromatic carbocycles. The van der Waals surface area contributed by atoms with Gasteiger partial charge in [-0.15, -0.1) is 0 Å². The normalized spacial score (nSPS) is 22.2. The lowest BCUT2D eigenvalue weighted by molar-refractivity contribution is 0.165. The zero-order valence-electron chi connectivity index (χ0n) is 12.7. The second kappa shape index (κ2) is 6.95. The zero-order valence-corrected chi connectivity index (χ0v) is 12.7. The van der Waals surface area contributed by atoms with E-state index in [1.807, 2.05) is 0 Å². The van der Waals surface area contributed by atoms with Crippen LogP contribution in [-0.4, -0.2) is 30.6 Å². The molecule has 1 heterocycles. The van der Waals surface area contributed by atoms with Crippen molar-refractivity contribution in [1.82, 2.24) is 4.90 Å². The number of hydrogen-bond acceptors (Lipinski definition) is 2. The topological polar surface area (TPSA) is 15.3 Å². The van der Waals surface area contributed by atoms with Crippen LogP contribution in [0, 0.1) is 12.8 Å². The van der Waals surface area contributed by atoms with Crippen LogP contribution in [0.25, 0.3) is 0 Å². The van der Waals surface area contributed by atoms with E-state index in [2.05, 4.69) is 55.3 Å². The summed E-state index contributed by atoms with van der Waals surface area (Å²) in [5.41, 5.74) is 2.58. The minimum atomic E-state index is 0.558. The Morgan fingerprint density at radius 1 is 1.32 bits per heavy atom. The first-order valence-electron chi connectivity index (χ1n) is 7.74. The molecule has 1 N–H and O–H groups in total. The van der Waals surface area contributed by atoms with Crippen molar-refractivity contribution in [3.05, 3.63) is 29.8 Å². The molecule has 19 heavy (non-hydrogen) atoms. The lowest BCUT2D eigenvalue weighted by atomic mass is 9.91. The Hall–Kier alpha value is -1.02. The molecule has 2 heteroatoms. The number of likely N-dealkylation sites (tertiary alicyclic amines) is 1. The highest BCUT2D eigenvalue weighted by atomic mass is 15.1. The average molecular weight is 260 g/mol. The summed E-state index contributed by atoms with van der Waals surface area (Å²) in [4.78, 5) is 2.63. The first kappa shape index (κ1) is 14.4. The molecule has 1 aliphatic rings. The fourth-order valence-electron chi connectivity index (χ4n) is 3.05. The summed E-state index contributed by atoms with van der Waals surface area (Å²) in [5, 5.41) is 3.67. The number of aryl methyl sites for hydroxylation is 1. The lowest BCUT2D eigenvalue weighted by Gasteiger charge is -2.36. The lowest BCUT2D eigenvalue weighted by Crippen LogP contribution is -2.42. The van der Waals surface area contributed by atoms with Gasteiger partial charge in [-0.2, -0.15) is 0 Å². The minimum Gasteiger partial charge on any atom is -0.382 e. The summed E-state index contributed by atoms with van der Waals surface area (Å²) >= 11 is 0. The highest BCUT2D eigenvalue weighted by molar-refractivity contribution is 5.45. The van der Waals surface area contributed by atoms with Crippen LogP contribution in [0.15, 0.2) is 24.3 Å². The molecule has 0 aromatic heterocycles. The predicted molar refractivity (Wildman–Crippen MR) is 83.7 cm³/mol. The van der Waals surface area contributed by atoms with Crippen molar-refractivity contribution < 1.29 is 0 Å². The van der Waals surface area contributed by atoms with Crippen LogP contribution in [0.4, 0.5) is 5.69 Å². The van der Waals surface area contributed by atoms with Gasteiger partial charge in [0.05, 0.1) is 0 Å². The summed E-state index contributed by atoms with van der Waals surface area (Å²) < 4.78 is 0. The van der Waals surface area contributed by atoms with Crippen LogP contribution < -0.4 is 5.32 Å². The molecule has 2 nitrogen and oxygen atoms in total. The number of rotatable bonds is 5. The van der Waals surface area contributed by atoms with E-state index >= 15 is 0 Å². The Morgan fingerprint density at radius 2 is 2.05 bits per heavy atom. The van der Waals surface area contributed by atoms with Gasteiger partial charge in [0, 0.05) is 18.3 Å². The van der Waals surface area contributed by atoms with Crippen LogP contribution >= 0.6 is 0 Å². The minimum absolute atomic E-state index is 0.558. The molecule has 2 atom stereocenters. The molecule has 2 unspecified atom stereocenters. The van der Waals surface area contributed by atoms with Crippen LogP contribution in [0.1, 0.15) is 38.7 Å². The van der Waals surface area contributed by atoms with Gasteiger partial charge in [-0.25, -0.2) is 0 Å². The van der Waals surface area contributed by atoms with E-state index in [4.69, 9.17) is 0 Å². The number of nitrogens with one attached hydrogen (secondary N) is 1. The quantitative estimate of drug-likeness (QED) is 0.863. The van der Waals surface area contributed by atoms with Gasteiger partial charge in [0.2, 0.25) is 0 Å². The van der Waals surface area contributed by atoms with Crippen molar-refractivity contribution in [2.75, 3.05) is 25.0 Å². The van der Waals surface area contributed by atoms with Gasteiger partial charge in [-0.05, 0) is 64.3 Å². The van der Waals surface area contributed by atoms with E-state index in [0.29, 0.717) is 6.04 Å². The average Bonchev–Trinajstić information content (AvgIpc) is 2.42. The summed E-state index contributed by atoms with van der Waals surface area (Å²) in [6, 6.07) is 9.30.